The maximum Gasteiger partial charge on any atom is 0.231 e. The zero-order valence-corrected chi connectivity index (χ0v) is 20.8. The summed E-state index contributed by atoms with van der Waals surface area (Å²) < 4.78 is 21.7. The molecule has 4 heterocycles. The van der Waals surface area contributed by atoms with Crippen molar-refractivity contribution in [3.63, 3.8) is 0 Å². The Morgan fingerprint density at radius 1 is 0.711 bits per heavy atom. The zero-order valence-electron chi connectivity index (χ0n) is 20.8. The van der Waals surface area contributed by atoms with Crippen molar-refractivity contribution in [3.05, 3.63) is 83.0 Å². The summed E-state index contributed by atoms with van der Waals surface area (Å²) in [5, 5.41) is 2.36. The highest BCUT2D eigenvalue weighted by Gasteiger charge is 2.34. The second kappa shape index (κ2) is 9.40. The quantitative estimate of drug-likeness (QED) is 0.301. The lowest BCUT2D eigenvalue weighted by Crippen LogP contribution is -2.19. The number of benzene rings is 1. The molecule has 1 aliphatic rings. The third-order valence-electron chi connectivity index (χ3n) is 6.09. The number of carbonyl (C=O) groups excluding carboxylic acids is 4. The van der Waals surface area contributed by atoms with E-state index in [9.17, 15) is 19.2 Å². The molecule has 1 aromatic carbocycles. The standard InChI is InChI=1S/C15H13NO4.C13H7NO4/c1-8(17)12-6-10-13(18-2)9-4-5-16-7-11(9)14(19-3)15(10)20-12;1-6(15)10-4-8-11(16)7-2-3-14-5-9(7)12(17)13(8)18-10/h4-7H,1-3H3;2-5H,1H3. The second-order valence-corrected chi connectivity index (χ2v) is 8.39. The van der Waals surface area contributed by atoms with Crippen molar-refractivity contribution in [3.8, 4) is 11.5 Å². The number of fused-ring (bicyclic) bond motifs is 4. The van der Waals surface area contributed by atoms with Crippen LogP contribution in [0.25, 0.3) is 21.7 Å². The fraction of sp³-hybridized carbons (Fsp3) is 0.143. The maximum absolute atomic E-state index is 12.1. The number of hydrogen-bond acceptors (Lipinski definition) is 10. The average molecular weight is 512 g/mol. The summed E-state index contributed by atoms with van der Waals surface area (Å²) in [6.07, 6.45) is 6.14. The predicted octanol–water partition coefficient (Wildman–Crippen LogP) is 4.85. The fourth-order valence-electron chi connectivity index (χ4n) is 4.31. The maximum atomic E-state index is 12.1. The Labute approximate surface area is 215 Å². The molecular formula is C28H20N2O8. The van der Waals surface area contributed by atoms with E-state index in [0.717, 1.165) is 10.8 Å². The van der Waals surface area contributed by atoms with Gasteiger partial charge in [-0.2, -0.15) is 0 Å². The fourth-order valence-corrected chi connectivity index (χ4v) is 4.31. The Morgan fingerprint density at radius 3 is 2.05 bits per heavy atom. The summed E-state index contributed by atoms with van der Waals surface area (Å²) in [5.41, 5.74) is 1.14. The van der Waals surface area contributed by atoms with Crippen molar-refractivity contribution >= 4 is 44.9 Å². The highest BCUT2D eigenvalue weighted by atomic mass is 16.5. The first kappa shape index (κ1) is 24.6. The number of hydrogen-bond donors (Lipinski definition) is 0. The number of Topliss-reactive ketones (excluding diaryl/α,β-unsaturated/α-hetero) is 2. The average Bonchev–Trinajstić information content (AvgIpc) is 3.57. The molecule has 0 radical (unpaired) electrons. The normalized spacial score (nSPS) is 12.0. The highest BCUT2D eigenvalue weighted by Crippen LogP contribution is 2.43. The summed E-state index contributed by atoms with van der Waals surface area (Å²) in [5.74, 6) is 0.206. The lowest BCUT2D eigenvalue weighted by Gasteiger charge is -2.11. The molecule has 0 fully saturated rings. The number of rotatable bonds is 4. The van der Waals surface area contributed by atoms with Gasteiger partial charge >= 0.3 is 0 Å². The van der Waals surface area contributed by atoms with E-state index in [0.29, 0.717) is 28.0 Å². The van der Waals surface area contributed by atoms with Crippen molar-refractivity contribution in [1.82, 2.24) is 9.97 Å². The van der Waals surface area contributed by atoms with Gasteiger partial charge in [-0.1, -0.05) is 0 Å². The van der Waals surface area contributed by atoms with Crippen LogP contribution in [-0.2, 0) is 0 Å². The molecule has 10 heteroatoms. The van der Waals surface area contributed by atoms with Gasteiger partial charge in [-0.15, -0.1) is 0 Å². The third-order valence-corrected chi connectivity index (χ3v) is 6.09. The van der Waals surface area contributed by atoms with Crippen LogP contribution in [0, 0.1) is 0 Å². The van der Waals surface area contributed by atoms with Gasteiger partial charge in [0.25, 0.3) is 0 Å². The number of ketones is 4. The van der Waals surface area contributed by atoms with Gasteiger partial charge in [0.2, 0.25) is 5.78 Å². The number of methoxy groups -OCH3 is 2. The zero-order chi connectivity index (χ0) is 27.1. The van der Waals surface area contributed by atoms with E-state index in [1.54, 1.807) is 32.7 Å². The molecule has 1 aliphatic carbocycles. The molecule has 0 atom stereocenters. The van der Waals surface area contributed by atoms with E-state index >= 15 is 0 Å². The van der Waals surface area contributed by atoms with E-state index in [-0.39, 0.29) is 45.8 Å². The summed E-state index contributed by atoms with van der Waals surface area (Å²) in [6, 6.07) is 6.33. The second-order valence-electron chi connectivity index (χ2n) is 8.39. The van der Waals surface area contributed by atoms with Gasteiger partial charge in [0.1, 0.15) is 5.75 Å². The SMILES string of the molecule is CC(=O)c1cc2c(o1)C(=O)c1cnccc1C2=O.COc1c2ccncc2c(OC)c2oc(C(C)=O)cc12. The van der Waals surface area contributed by atoms with Crippen LogP contribution in [0.4, 0.5) is 0 Å². The van der Waals surface area contributed by atoms with Crippen molar-refractivity contribution in [1.29, 1.82) is 0 Å². The third kappa shape index (κ3) is 3.83. The van der Waals surface area contributed by atoms with Crippen LogP contribution in [-0.4, -0.2) is 47.3 Å². The number of aromatic nitrogens is 2. The van der Waals surface area contributed by atoms with Gasteiger partial charge in [0.15, 0.2) is 46.0 Å². The molecular weight excluding hydrogens is 492 g/mol. The first-order chi connectivity index (χ1) is 18.3. The molecule has 6 rings (SSSR count). The van der Waals surface area contributed by atoms with E-state index in [1.165, 1.54) is 38.4 Å². The smallest absolute Gasteiger partial charge is 0.231 e. The minimum Gasteiger partial charge on any atom is -0.495 e. The summed E-state index contributed by atoms with van der Waals surface area (Å²) in [4.78, 5) is 54.9. The first-order valence-corrected chi connectivity index (χ1v) is 11.4. The molecule has 4 aromatic heterocycles. The molecule has 0 amide bonds. The Balaban J connectivity index is 0.000000156. The number of nitrogens with zero attached hydrogens (tertiary/aromatic N) is 2. The molecule has 0 N–H and O–H groups in total. The van der Waals surface area contributed by atoms with Crippen molar-refractivity contribution in [2.45, 2.75) is 13.8 Å². The first-order valence-electron chi connectivity index (χ1n) is 11.4. The van der Waals surface area contributed by atoms with E-state index in [2.05, 4.69) is 9.97 Å². The largest absolute Gasteiger partial charge is 0.495 e. The summed E-state index contributed by atoms with van der Waals surface area (Å²) in [6.45, 7) is 2.77. The molecule has 0 bridgehead atoms. The van der Waals surface area contributed by atoms with Gasteiger partial charge in [0.05, 0.1) is 30.7 Å². The molecule has 0 unspecified atom stereocenters. The number of furan rings is 2. The number of ether oxygens (including phenoxy) is 2. The molecule has 38 heavy (non-hydrogen) atoms. The molecule has 0 saturated heterocycles. The molecule has 0 spiro atoms. The van der Waals surface area contributed by atoms with Crippen LogP contribution >= 0.6 is 0 Å². The van der Waals surface area contributed by atoms with Gasteiger partial charge in [-0.3, -0.25) is 29.1 Å². The van der Waals surface area contributed by atoms with Crippen LogP contribution in [0.3, 0.4) is 0 Å². The number of carbonyl (C=O) groups is 4. The van der Waals surface area contributed by atoms with E-state index < -0.39 is 5.78 Å². The molecule has 190 valence electrons. The predicted molar refractivity (Wildman–Crippen MR) is 134 cm³/mol. The van der Waals surface area contributed by atoms with Crippen LogP contribution < -0.4 is 9.47 Å². The molecule has 0 saturated carbocycles. The lowest BCUT2D eigenvalue weighted by molar-refractivity contribution is 0.0946. The highest BCUT2D eigenvalue weighted by molar-refractivity contribution is 6.27. The van der Waals surface area contributed by atoms with Crippen molar-refractivity contribution in [2.24, 2.45) is 0 Å². The lowest BCUT2D eigenvalue weighted by atomic mass is 9.90. The van der Waals surface area contributed by atoms with Gasteiger partial charge < -0.3 is 18.3 Å². The Hall–Kier alpha value is -5.12. The van der Waals surface area contributed by atoms with Crippen LogP contribution in [0.1, 0.15) is 67.0 Å². The molecule has 0 aliphatic heterocycles. The van der Waals surface area contributed by atoms with Gasteiger partial charge in [-0.05, 0) is 24.3 Å². The topological polar surface area (TPSA) is 139 Å². The summed E-state index contributed by atoms with van der Waals surface area (Å²) in [7, 11) is 3.14. The Bertz CT molecular complexity index is 1680. The summed E-state index contributed by atoms with van der Waals surface area (Å²) >= 11 is 0. The van der Waals surface area contributed by atoms with Gasteiger partial charge in [0, 0.05) is 55.0 Å². The van der Waals surface area contributed by atoms with E-state index in [1.807, 2.05) is 6.07 Å². The van der Waals surface area contributed by atoms with Crippen molar-refractivity contribution < 1.29 is 37.5 Å². The Kier molecular flexibility index (Phi) is 6.08. The monoisotopic (exact) mass is 512 g/mol. The number of pyridine rings is 2. The Morgan fingerprint density at radius 2 is 1.37 bits per heavy atom. The van der Waals surface area contributed by atoms with Crippen LogP contribution in [0.5, 0.6) is 11.5 Å². The van der Waals surface area contributed by atoms with Crippen LogP contribution in [0.15, 0.2) is 57.9 Å². The van der Waals surface area contributed by atoms with Crippen molar-refractivity contribution in [2.75, 3.05) is 14.2 Å². The molecule has 5 aromatic rings. The van der Waals surface area contributed by atoms with Gasteiger partial charge in [-0.25, -0.2) is 0 Å². The molecule has 10 nitrogen and oxygen atoms in total. The van der Waals surface area contributed by atoms with Crippen LogP contribution in [0.2, 0.25) is 0 Å². The minimum absolute atomic E-state index is 0.0162. The minimum atomic E-state index is -0.416. The van der Waals surface area contributed by atoms with E-state index in [4.69, 9.17) is 18.3 Å².